The second-order valence-corrected chi connectivity index (χ2v) is 8.48. The predicted molar refractivity (Wildman–Crippen MR) is 112 cm³/mol. The highest BCUT2D eigenvalue weighted by molar-refractivity contribution is 7.90. The quantitative estimate of drug-likeness (QED) is 0.673. The van der Waals surface area contributed by atoms with Crippen LogP contribution in [0.4, 0.5) is 5.69 Å². The van der Waals surface area contributed by atoms with E-state index < -0.39 is 10.0 Å². The van der Waals surface area contributed by atoms with Crippen molar-refractivity contribution >= 4 is 27.5 Å². The number of rotatable bonds is 5. The standard InChI is InChI=1S/C20H20N6O3S/c1-25-11-3-6-19(25)24-30(28,29)18-5-2-4-16(12-18)23-20(27)15-7-9-17(10-8-15)26-14-21-13-22-26/h2,4-5,7-10,12-14H,3,6,11H2,1H3,(H,23,27)/b24-19+. The molecule has 0 unspecified atom stereocenters. The Morgan fingerprint density at radius 1 is 1.17 bits per heavy atom. The van der Waals surface area contributed by atoms with E-state index in [2.05, 4.69) is 19.8 Å². The fourth-order valence-electron chi connectivity index (χ4n) is 3.15. The van der Waals surface area contributed by atoms with E-state index in [4.69, 9.17) is 0 Å². The summed E-state index contributed by atoms with van der Waals surface area (Å²) in [6, 6.07) is 12.9. The number of benzene rings is 2. The van der Waals surface area contributed by atoms with Gasteiger partial charge in [-0.2, -0.15) is 13.5 Å². The molecule has 0 aliphatic carbocycles. The van der Waals surface area contributed by atoms with Crippen LogP contribution in [-0.4, -0.2) is 53.4 Å². The minimum Gasteiger partial charge on any atom is -0.362 e. The Bertz CT molecular complexity index is 1190. The molecule has 154 valence electrons. The van der Waals surface area contributed by atoms with Gasteiger partial charge in [0, 0.05) is 31.3 Å². The third kappa shape index (κ3) is 4.23. The van der Waals surface area contributed by atoms with Crippen molar-refractivity contribution in [1.82, 2.24) is 19.7 Å². The summed E-state index contributed by atoms with van der Waals surface area (Å²) in [7, 11) is -2.03. The Labute approximate surface area is 174 Å². The Morgan fingerprint density at radius 3 is 2.63 bits per heavy atom. The molecule has 0 bridgehead atoms. The molecule has 3 aromatic rings. The first-order valence-electron chi connectivity index (χ1n) is 9.34. The highest BCUT2D eigenvalue weighted by atomic mass is 32.2. The molecule has 1 aliphatic rings. The Balaban J connectivity index is 1.51. The Hall–Kier alpha value is -3.53. The van der Waals surface area contributed by atoms with Crippen molar-refractivity contribution in [2.75, 3.05) is 18.9 Å². The first kappa shape index (κ1) is 19.8. The Kier molecular flexibility index (Phi) is 5.32. The molecule has 1 N–H and O–H groups in total. The van der Waals surface area contributed by atoms with E-state index in [0.717, 1.165) is 18.7 Å². The van der Waals surface area contributed by atoms with Crippen LogP contribution in [-0.2, 0) is 10.0 Å². The van der Waals surface area contributed by atoms with Crippen LogP contribution in [0.1, 0.15) is 23.2 Å². The van der Waals surface area contributed by atoms with E-state index in [0.29, 0.717) is 23.5 Å². The molecular formula is C20H20N6O3S. The van der Waals surface area contributed by atoms with Crippen molar-refractivity contribution < 1.29 is 13.2 Å². The average Bonchev–Trinajstić information content (AvgIpc) is 3.41. The number of amides is 1. The molecule has 10 heteroatoms. The van der Waals surface area contributed by atoms with Crippen molar-refractivity contribution in [2.24, 2.45) is 4.40 Å². The maximum absolute atomic E-state index is 12.7. The third-order valence-corrected chi connectivity index (χ3v) is 6.06. The summed E-state index contributed by atoms with van der Waals surface area (Å²) >= 11 is 0. The van der Waals surface area contributed by atoms with Gasteiger partial charge in [-0.15, -0.1) is 4.40 Å². The number of nitrogens with zero attached hydrogens (tertiary/aromatic N) is 5. The smallest absolute Gasteiger partial charge is 0.284 e. The predicted octanol–water partition coefficient (Wildman–Crippen LogP) is 2.33. The fourth-order valence-corrected chi connectivity index (χ4v) is 4.29. The maximum atomic E-state index is 12.7. The topological polar surface area (TPSA) is 110 Å². The zero-order valence-electron chi connectivity index (χ0n) is 16.3. The van der Waals surface area contributed by atoms with Gasteiger partial charge >= 0.3 is 0 Å². The summed E-state index contributed by atoms with van der Waals surface area (Å²) in [5.74, 6) is 0.202. The van der Waals surface area contributed by atoms with Gasteiger partial charge in [0.15, 0.2) is 0 Å². The van der Waals surface area contributed by atoms with Crippen molar-refractivity contribution in [3.63, 3.8) is 0 Å². The minimum atomic E-state index is -3.85. The molecule has 2 aromatic carbocycles. The number of aromatic nitrogens is 3. The molecule has 1 aliphatic heterocycles. The number of nitrogens with one attached hydrogen (secondary N) is 1. The number of hydrogen-bond donors (Lipinski definition) is 1. The lowest BCUT2D eigenvalue weighted by atomic mass is 10.2. The van der Waals surface area contributed by atoms with Crippen LogP contribution in [0.15, 0.2) is 70.5 Å². The van der Waals surface area contributed by atoms with Gasteiger partial charge in [0.25, 0.3) is 15.9 Å². The van der Waals surface area contributed by atoms with Crippen LogP contribution in [0, 0.1) is 0 Å². The van der Waals surface area contributed by atoms with E-state index in [1.54, 1.807) is 47.4 Å². The van der Waals surface area contributed by atoms with Crippen LogP contribution >= 0.6 is 0 Å². The second kappa shape index (κ2) is 8.07. The Morgan fingerprint density at radius 2 is 1.97 bits per heavy atom. The van der Waals surface area contributed by atoms with Gasteiger partial charge in [-0.05, 0) is 48.9 Å². The number of amidine groups is 1. The molecule has 2 heterocycles. The van der Waals surface area contributed by atoms with Gasteiger partial charge < -0.3 is 10.2 Å². The molecule has 0 radical (unpaired) electrons. The average molecular weight is 424 g/mol. The number of carbonyl (C=O) groups excluding carboxylic acids is 1. The lowest BCUT2D eigenvalue weighted by Crippen LogP contribution is -2.20. The van der Waals surface area contributed by atoms with E-state index in [-0.39, 0.29) is 10.8 Å². The van der Waals surface area contributed by atoms with Gasteiger partial charge in [-0.1, -0.05) is 6.07 Å². The van der Waals surface area contributed by atoms with E-state index in [1.807, 2.05) is 11.9 Å². The van der Waals surface area contributed by atoms with Gasteiger partial charge in [0.05, 0.1) is 10.6 Å². The number of likely N-dealkylation sites (tertiary alicyclic amines) is 1. The first-order chi connectivity index (χ1) is 14.4. The normalized spacial score (nSPS) is 15.5. The number of carbonyl (C=O) groups is 1. The number of sulfonamides is 1. The summed E-state index contributed by atoms with van der Waals surface area (Å²) in [5.41, 5.74) is 1.58. The van der Waals surface area contributed by atoms with Crippen LogP contribution in [0.5, 0.6) is 0 Å². The van der Waals surface area contributed by atoms with Crippen LogP contribution in [0.2, 0.25) is 0 Å². The summed E-state index contributed by atoms with van der Waals surface area (Å²) in [6.45, 7) is 0.792. The van der Waals surface area contributed by atoms with Crippen molar-refractivity contribution in [3.05, 3.63) is 66.7 Å². The second-order valence-electron chi connectivity index (χ2n) is 6.88. The zero-order chi connectivity index (χ0) is 21.1. The molecule has 1 saturated heterocycles. The monoisotopic (exact) mass is 424 g/mol. The maximum Gasteiger partial charge on any atom is 0.284 e. The molecule has 0 atom stereocenters. The summed E-state index contributed by atoms with van der Waals surface area (Å²) in [5, 5.41) is 6.77. The number of anilines is 1. The minimum absolute atomic E-state index is 0.0367. The van der Waals surface area contributed by atoms with E-state index >= 15 is 0 Å². The number of hydrogen-bond acceptors (Lipinski definition) is 5. The molecule has 1 aromatic heterocycles. The van der Waals surface area contributed by atoms with Crippen LogP contribution in [0.3, 0.4) is 0 Å². The molecular weight excluding hydrogens is 404 g/mol. The summed E-state index contributed by atoms with van der Waals surface area (Å²) in [4.78, 5) is 18.3. The molecule has 0 spiro atoms. The molecule has 4 rings (SSSR count). The fraction of sp³-hybridized carbons (Fsp3) is 0.200. The highest BCUT2D eigenvalue weighted by Crippen LogP contribution is 2.21. The lowest BCUT2D eigenvalue weighted by Gasteiger charge is -2.11. The molecule has 0 saturated carbocycles. The molecule has 9 nitrogen and oxygen atoms in total. The van der Waals surface area contributed by atoms with Gasteiger partial charge in [0.1, 0.15) is 18.5 Å². The molecule has 1 fully saturated rings. The van der Waals surface area contributed by atoms with Crippen molar-refractivity contribution in [2.45, 2.75) is 17.7 Å². The molecule has 30 heavy (non-hydrogen) atoms. The highest BCUT2D eigenvalue weighted by Gasteiger charge is 2.20. The van der Waals surface area contributed by atoms with Crippen molar-refractivity contribution in [1.29, 1.82) is 0 Å². The summed E-state index contributed by atoms with van der Waals surface area (Å²) in [6.07, 6.45) is 4.51. The summed E-state index contributed by atoms with van der Waals surface area (Å²) < 4.78 is 30.8. The lowest BCUT2D eigenvalue weighted by molar-refractivity contribution is 0.102. The first-order valence-corrected chi connectivity index (χ1v) is 10.8. The van der Waals surface area contributed by atoms with Gasteiger partial charge in [-0.25, -0.2) is 9.67 Å². The zero-order valence-corrected chi connectivity index (χ0v) is 17.1. The van der Waals surface area contributed by atoms with Crippen molar-refractivity contribution in [3.8, 4) is 5.69 Å². The van der Waals surface area contributed by atoms with E-state index in [9.17, 15) is 13.2 Å². The van der Waals surface area contributed by atoms with E-state index in [1.165, 1.54) is 18.5 Å². The molecule has 1 amide bonds. The largest absolute Gasteiger partial charge is 0.362 e. The van der Waals surface area contributed by atoms with Crippen LogP contribution in [0.25, 0.3) is 5.69 Å². The van der Waals surface area contributed by atoms with Gasteiger partial charge in [0.2, 0.25) is 0 Å². The third-order valence-electron chi connectivity index (χ3n) is 4.76. The SMILES string of the molecule is CN1CCC/C1=N\S(=O)(=O)c1cccc(NC(=O)c2ccc(-n3cncn3)cc2)c1. The van der Waals surface area contributed by atoms with Crippen LogP contribution < -0.4 is 5.32 Å². The van der Waals surface area contributed by atoms with Gasteiger partial charge in [-0.3, -0.25) is 4.79 Å².